The standard InChI is InChI=1S/C13H17BrN2O2/c1-15-13(17)4-5-16-8-11-7-9-6-10(14)2-3-12(9)18-11/h2-3,6,11,16H,4-5,7-8H2,1H3,(H,15,17). The molecule has 5 heteroatoms. The van der Waals surface area contributed by atoms with Crippen molar-refractivity contribution in [1.29, 1.82) is 0 Å². The van der Waals surface area contributed by atoms with Crippen LogP contribution in [-0.4, -0.2) is 32.1 Å². The number of amides is 1. The minimum Gasteiger partial charge on any atom is -0.488 e. The van der Waals surface area contributed by atoms with Gasteiger partial charge in [-0.25, -0.2) is 0 Å². The third-order valence-electron chi connectivity index (χ3n) is 2.94. The van der Waals surface area contributed by atoms with Gasteiger partial charge in [0.1, 0.15) is 11.9 Å². The lowest BCUT2D eigenvalue weighted by Crippen LogP contribution is -2.32. The SMILES string of the molecule is CNC(=O)CCNCC1Cc2cc(Br)ccc2O1. The Bertz CT molecular complexity index is 437. The van der Waals surface area contributed by atoms with Crippen LogP contribution in [0.4, 0.5) is 0 Å². The van der Waals surface area contributed by atoms with E-state index >= 15 is 0 Å². The monoisotopic (exact) mass is 312 g/mol. The Balaban J connectivity index is 1.73. The van der Waals surface area contributed by atoms with Crippen LogP contribution in [0.5, 0.6) is 5.75 Å². The Morgan fingerprint density at radius 1 is 1.56 bits per heavy atom. The highest BCUT2D eigenvalue weighted by Gasteiger charge is 2.22. The van der Waals surface area contributed by atoms with Crippen molar-refractivity contribution in [3.63, 3.8) is 0 Å². The maximum absolute atomic E-state index is 11.0. The summed E-state index contributed by atoms with van der Waals surface area (Å²) >= 11 is 3.46. The van der Waals surface area contributed by atoms with E-state index in [1.807, 2.05) is 12.1 Å². The first-order valence-electron chi connectivity index (χ1n) is 6.05. The molecule has 1 aliphatic heterocycles. The molecule has 0 saturated heterocycles. The van der Waals surface area contributed by atoms with E-state index < -0.39 is 0 Å². The number of nitrogens with one attached hydrogen (secondary N) is 2. The number of benzene rings is 1. The van der Waals surface area contributed by atoms with Crippen LogP contribution < -0.4 is 15.4 Å². The molecule has 1 heterocycles. The molecule has 1 unspecified atom stereocenters. The largest absolute Gasteiger partial charge is 0.488 e. The minimum atomic E-state index is 0.0575. The van der Waals surface area contributed by atoms with Crippen molar-refractivity contribution in [2.24, 2.45) is 0 Å². The van der Waals surface area contributed by atoms with Crippen molar-refractivity contribution in [3.05, 3.63) is 28.2 Å². The van der Waals surface area contributed by atoms with Crippen molar-refractivity contribution >= 4 is 21.8 Å². The summed E-state index contributed by atoms with van der Waals surface area (Å²) in [5.41, 5.74) is 1.24. The van der Waals surface area contributed by atoms with E-state index in [4.69, 9.17) is 4.74 Å². The van der Waals surface area contributed by atoms with Crippen LogP contribution in [0.25, 0.3) is 0 Å². The normalized spacial score (nSPS) is 17.1. The van der Waals surface area contributed by atoms with Gasteiger partial charge in [-0.2, -0.15) is 0 Å². The molecule has 0 fully saturated rings. The topological polar surface area (TPSA) is 50.4 Å². The van der Waals surface area contributed by atoms with Crippen LogP contribution in [-0.2, 0) is 11.2 Å². The van der Waals surface area contributed by atoms with E-state index in [0.29, 0.717) is 13.0 Å². The predicted octanol–water partition coefficient (Wildman–Crippen LogP) is 1.48. The van der Waals surface area contributed by atoms with Crippen LogP contribution in [0.2, 0.25) is 0 Å². The average molecular weight is 313 g/mol. The van der Waals surface area contributed by atoms with Gasteiger partial charge in [0.05, 0.1) is 0 Å². The zero-order chi connectivity index (χ0) is 13.0. The Morgan fingerprint density at radius 2 is 2.39 bits per heavy atom. The summed E-state index contributed by atoms with van der Waals surface area (Å²) in [6.07, 6.45) is 1.59. The molecule has 98 valence electrons. The fraction of sp³-hybridized carbons (Fsp3) is 0.462. The summed E-state index contributed by atoms with van der Waals surface area (Å²) in [4.78, 5) is 11.0. The van der Waals surface area contributed by atoms with Gasteiger partial charge in [-0.05, 0) is 23.8 Å². The minimum absolute atomic E-state index is 0.0575. The molecule has 0 spiro atoms. The second-order valence-electron chi connectivity index (χ2n) is 4.32. The highest BCUT2D eigenvalue weighted by atomic mass is 79.9. The maximum atomic E-state index is 11.0. The zero-order valence-corrected chi connectivity index (χ0v) is 11.9. The Morgan fingerprint density at radius 3 is 3.17 bits per heavy atom. The van der Waals surface area contributed by atoms with Crippen molar-refractivity contribution in [1.82, 2.24) is 10.6 Å². The lowest BCUT2D eigenvalue weighted by atomic mass is 10.1. The van der Waals surface area contributed by atoms with E-state index in [1.165, 1.54) is 5.56 Å². The summed E-state index contributed by atoms with van der Waals surface area (Å²) in [6.45, 7) is 1.45. The molecule has 0 radical (unpaired) electrons. The summed E-state index contributed by atoms with van der Waals surface area (Å²) in [5, 5.41) is 5.84. The van der Waals surface area contributed by atoms with E-state index in [2.05, 4.69) is 32.6 Å². The Hall–Kier alpha value is -1.07. The van der Waals surface area contributed by atoms with Gasteiger partial charge in [0.2, 0.25) is 5.91 Å². The van der Waals surface area contributed by atoms with Gasteiger partial charge in [-0.15, -0.1) is 0 Å². The van der Waals surface area contributed by atoms with Crippen LogP contribution in [0.3, 0.4) is 0 Å². The molecular weight excluding hydrogens is 296 g/mol. The third-order valence-corrected chi connectivity index (χ3v) is 3.44. The van der Waals surface area contributed by atoms with Crippen molar-refractivity contribution < 1.29 is 9.53 Å². The maximum Gasteiger partial charge on any atom is 0.221 e. The second kappa shape index (κ2) is 6.20. The number of hydrogen-bond donors (Lipinski definition) is 2. The molecule has 2 N–H and O–H groups in total. The summed E-state index contributed by atoms with van der Waals surface area (Å²) in [7, 11) is 1.65. The van der Waals surface area contributed by atoms with Gasteiger partial charge in [0, 0.05) is 37.5 Å². The third kappa shape index (κ3) is 3.46. The molecule has 1 aromatic carbocycles. The van der Waals surface area contributed by atoms with Gasteiger partial charge in [-0.3, -0.25) is 4.79 Å². The van der Waals surface area contributed by atoms with Crippen molar-refractivity contribution in [3.8, 4) is 5.75 Å². The highest BCUT2D eigenvalue weighted by molar-refractivity contribution is 9.10. The molecule has 4 nitrogen and oxygen atoms in total. The number of hydrogen-bond acceptors (Lipinski definition) is 3. The summed E-state index contributed by atoms with van der Waals surface area (Å²) < 4.78 is 6.89. The first kappa shape index (κ1) is 13.4. The quantitative estimate of drug-likeness (QED) is 0.810. The van der Waals surface area contributed by atoms with Crippen LogP contribution in [0.1, 0.15) is 12.0 Å². The van der Waals surface area contributed by atoms with Gasteiger partial charge in [0.25, 0.3) is 0 Å². The molecule has 0 saturated carbocycles. The molecule has 1 aromatic rings. The molecule has 2 rings (SSSR count). The zero-order valence-electron chi connectivity index (χ0n) is 10.3. The van der Waals surface area contributed by atoms with E-state index in [9.17, 15) is 4.79 Å². The second-order valence-corrected chi connectivity index (χ2v) is 5.24. The van der Waals surface area contributed by atoms with Crippen molar-refractivity contribution in [2.75, 3.05) is 20.1 Å². The number of fused-ring (bicyclic) bond motifs is 1. The molecular formula is C13H17BrN2O2. The number of rotatable bonds is 5. The lowest BCUT2D eigenvalue weighted by molar-refractivity contribution is -0.120. The summed E-state index contributed by atoms with van der Waals surface area (Å²) in [5.74, 6) is 1.03. The Kier molecular flexibility index (Phi) is 4.60. The van der Waals surface area contributed by atoms with E-state index in [1.54, 1.807) is 7.05 Å². The first-order chi connectivity index (χ1) is 8.69. The number of halogens is 1. The first-order valence-corrected chi connectivity index (χ1v) is 6.84. The fourth-order valence-electron chi connectivity index (χ4n) is 1.99. The summed E-state index contributed by atoms with van der Waals surface area (Å²) in [6, 6.07) is 6.07. The van der Waals surface area contributed by atoms with Crippen LogP contribution in [0.15, 0.2) is 22.7 Å². The number of carbonyl (C=O) groups is 1. The smallest absolute Gasteiger partial charge is 0.221 e. The van der Waals surface area contributed by atoms with Crippen LogP contribution in [0, 0.1) is 0 Å². The van der Waals surface area contributed by atoms with Crippen molar-refractivity contribution in [2.45, 2.75) is 18.9 Å². The molecule has 0 aromatic heterocycles. The highest BCUT2D eigenvalue weighted by Crippen LogP contribution is 2.30. The van der Waals surface area contributed by atoms with Gasteiger partial charge < -0.3 is 15.4 Å². The van der Waals surface area contributed by atoms with E-state index in [-0.39, 0.29) is 12.0 Å². The van der Waals surface area contributed by atoms with Gasteiger partial charge in [-0.1, -0.05) is 15.9 Å². The molecule has 1 atom stereocenters. The van der Waals surface area contributed by atoms with Gasteiger partial charge >= 0.3 is 0 Å². The Labute approximate surface area is 115 Å². The number of ether oxygens (including phenoxy) is 1. The van der Waals surface area contributed by atoms with Crippen LogP contribution >= 0.6 is 15.9 Å². The molecule has 1 aliphatic rings. The molecule has 1 amide bonds. The van der Waals surface area contributed by atoms with Gasteiger partial charge in [0.15, 0.2) is 0 Å². The average Bonchev–Trinajstić information content (AvgIpc) is 2.76. The van der Waals surface area contributed by atoms with E-state index in [0.717, 1.165) is 23.2 Å². The predicted molar refractivity (Wildman–Crippen MR) is 73.8 cm³/mol. The molecule has 0 bridgehead atoms. The fourth-order valence-corrected chi connectivity index (χ4v) is 2.40. The number of carbonyl (C=O) groups excluding carboxylic acids is 1. The molecule has 18 heavy (non-hydrogen) atoms. The lowest BCUT2D eigenvalue weighted by Gasteiger charge is -2.11. The molecule has 0 aliphatic carbocycles.